The Kier molecular flexibility index (Phi) is 4.77. The van der Waals surface area contributed by atoms with Gasteiger partial charge in [-0.2, -0.15) is 0 Å². The molecule has 0 aromatic carbocycles. The number of amides is 1. The smallest absolute Gasteiger partial charge is 0.270 e. The van der Waals surface area contributed by atoms with Gasteiger partial charge in [-0.15, -0.1) is 0 Å². The Labute approximate surface area is 100 Å². The van der Waals surface area contributed by atoms with Crippen molar-refractivity contribution in [3.63, 3.8) is 0 Å². The van der Waals surface area contributed by atoms with E-state index >= 15 is 0 Å². The summed E-state index contributed by atoms with van der Waals surface area (Å²) in [5.41, 5.74) is -1.95. The third-order valence-corrected chi connectivity index (χ3v) is 2.95. The summed E-state index contributed by atoms with van der Waals surface area (Å²) in [5, 5.41) is 3.09. The predicted molar refractivity (Wildman–Crippen MR) is 60.6 cm³/mol. The maximum atomic E-state index is 12.2. The summed E-state index contributed by atoms with van der Waals surface area (Å²) in [4.78, 5) is 36.6. The van der Waals surface area contributed by atoms with Gasteiger partial charge in [-0.25, -0.2) is 0 Å². The molecule has 0 bridgehead atoms. The molecule has 1 atom stereocenters. The van der Waals surface area contributed by atoms with Crippen LogP contribution in [0, 0.1) is 0 Å². The van der Waals surface area contributed by atoms with Gasteiger partial charge in [0.2, 0.25) is 0 Å². The molecule has 1 heterocycles. The Bertz CT molecular complexity index is 313. The zero-order chi connectivity index (χ0) is 12.9. The lowest BCUT2D eigenvalue weighted by Gasteiger charge is -2.33. The van der Waals surface area contributed by atoms with E-state index in [4.69, 9.17) is 4.74 Å². The summed E-state index contributed by atoms with van der Waals surface area (Å²) < 4.78 is 4.93. The second kappa shape index (κ2) is 5.88. The third-order valence-electron chi connectivity index (χ3n) is 2.95. The first-order valence-electron chi connectivity index (χ1n) is 5.67. The fourth-order valence-corrected chi connectivity index (χ4v) is 1.85. The number of Topliss-reactive ketones (excluding diaryl/α,β-unsaturated/α-hetero) is 1. The number of carbonyl (C=O) groups is 3. The second-order valence-electron chi connectivity index (χ2n) is 3.88. The number of ether oxygens (including phenoxy) is 1. The lowest BCUT2D eigenvalue weighted by Crippen LogP contribution is -2.60. The van der Waals surface area contributed by atoms with Crippen LogP contribution in [0.4, 0.5) is 0 Å². The van der Waals surface area contributed by atoms with Crippen molar-refractivity contribution in [2.45, 2.75) is 18.9 Å². The van der Waals surface area contributed by atoms with E-state index in [0.717, 1.165) is 0 Å². The first-order chi connectivity index (χ1) is 8.12. The number of carbonyl (C=O) groups excluding carboxylic acids is 3. The van der Waals surface area contributed by atoms with Crippen LogP contribution in [0.5, 0.6) is 0 Å². The quantitative estimate of drug-likeness (QED) is 0.493. The molecule has 1 aliphatic heterocycles. The zero-order valence-electron chi connectivity index (χ0n) is 10.2. The van der Waals surface area contributed by atoms with E-state index < -0.39 is 17.3 Å². The molecule has 0 aromatic heterocycles. The normalized spacial score (nSPS) is 19.5. The van der Waals surface area contributed by atoms with E-state index in [0.29, 0.717) is 32.5 Å². The van der Waals surface area contributed by atoms with E-state index in [9.17, 15) is 14.4 Å². The molecular weight excluding hydrogens is 224 g/mol. The van der Waals surface area contributed by atoms with Crippen molar-refractivity contribution >= 4 is 18.0 Å². The number of hydrogen-bond donors (Lipinski definition) is 1. The first-order valence-corrected chi connectivity index (χ1v) is 5.67. The molecule has 0 aromatic rings. The standard InChI is InChI=1S/C11H18N2O4/c1-3-9(15)11(8-14,17-2)10(16)13-6-4-12-5-7-13/h8,12H,3-7H2,1-2H3. The van der Waals surface area contributed by atoms with Crippen LogP contribution < -0.4 is 5.32 Å². The van der Waals surface area contributed by atoms with Gasteiger partial charge in [0, 0.05) is 39.7 Å². The topological polar surface area (TPSA) is 75.7 Å². The minimum atomic E-state index is -1.95. The molecule has 1 rings (SSSR count). The highest BCUT2D eigenvalue weighted by Crippen LogP contribution is 2.16. The summed E-state index contributed by atoms with van der Waals surface area (Å²) in [5.74, 6) is -1.05. The Morgan fingerprint density at radius 1 is 1.41 bits per heavy atom. The Morgan fingerprint density at radius 2 is 2.00 bits per heavy atom. The molecule has 6 nitrogen and oxygen atoms in total. The van der Waals surface area contributed by atoms with Crippen LogP contribution >= 0.6 is 0 Å². The van der Waals surface area contributed by atoms with Crippen molar-refractivity contribution < 1.29 is 19.1 Å². The summed E-state index contributed by atoms with van der Waals surface area (Å²) >= 11 is 0. The molecule has 1 N–H and O–H groups in total. The number of piperazine rings is 1. The fourth-order valence-electron chi connectivity index (χ4n) is 1.85. The molecule has 0 spiro atoms. The van der Waals surface area contributed by atoms with Crippen molar-refractivity contribution in [3.05, 3.63) is 0 Å². The Hall–Kier alpha value is -1.27. The molecule has 1 aliphatic rings. The molecular formula is C11H18N2O4. The predicted octanol–water partition coefficient (Wildman–Crippen LogP) is -1.02. The molecule has 96 valence electrons. The highest BCUT2D eigenvalue weighted by molar-refractivity contribution is 6.21. The van der Waals surface area contributed by atoms with Crippen LogP contribution in [-0.2, 0) is 19.1 Å². The Morgan fingerprint density at radius 3 is 2.41 bits per heavy atom. The molecule has 1 fully saturated rings. The minimum Gasteiger partial charge on any atom is -0.355 e. The monoisotopic (exact) mass is 242 g/mol. The van der Waals surface area contributed by atoms with Gasteiger partial charge in [-0.05, 0) is 0 Å². The van der Waals surface area contributed by atoms with Gasteiger partial charge in [0.25, 0.3) is 11.5 Å². The third kappa shape index (κ3) is 2.53. The van der Waals surface area contributed by atoms with Crippen LogP contribution in [0.1, 0.15) is 13.3 Å². The summed E-state index contributed by atoms with van der Waals surface area (Å²) in [6.45, 7) is 3.88. The van der Waals surface area contributed by atoms with Gasteiger partial charge < -0.3 is 15.0 Å². The average molecular weight is 242 g/mol. The van der Waals surface area contributed by atoms with Gasteiger partial charge in [-0.1, -0.05) is 6.92 Å². The van der Waals surface area contributed by atoms with E-state index in [1.165, 1.54) is 12.0 Å². The number of ketones is 1. The highest BCUT2D eigenvalue weighted by Gasteiger charge is 2.47. The molecule has 1 unspecified atom stereocenters. The lowest BCUT2D eigenvalue weighted by atomic mass is 9.95. The molecule has 1 saturated heterocycles. The highest BCUT2D eigenvalue weighted by atomic mass is 16.5. The van der Waals surface area contributed by atoms with Crippen LogP contribution in [0.3, 0.4) is 0 Å². The number of methoxy groups -OCH3 is 1. The van der Waals surface area contributed by atoms with Gasteiger partial charge in [-0.3, -0.25) is 14.4 Å². The fraction of sp³-hybridized carbons (Fsp3) is 0.727. The molecule has 6 heteroatoms. The van der Waals surface area contributed by atoms with Crippen molar-refractivity contribution in [1.29, 1.82) is 0 Å². The van der Waals surface area contributed by atoms with Crippen molar-refractivity contribution in [2.24, 2.45) is 0 Å². The number of nitrogens with zero attached hydrogens (tertiary/aromatic N) is 1. The van der Waals surface area contributed by atoms with Crippen LogP contribution in [0.15, 0.2) is 0 Å². The van der Waals surface area contributed by atoms with Gasteiger partial charge in [0.05, 0.1) is 0 Å². The minimum absolute atomic E-state index is 0.0877. The number of rotatable bonds is 5. The average Bonchev–Trinajstić information content (AvgIpc) is 2.41. The van der Waals surface area contributed by atoms with Crippen molar-refractivity contribution in [1.82, 2.24) is 10.2 Å². The maximum Gasteiger partial charge on any atom is 0.270 e. The molecule has 0 aliphatic carbocycles. The number of nitrogens with one attached hydrogen (secondary N) is 1. The Balaban J connectivity index is 2.93. The molecule has 1 amide bonds. The van der Waals surface area contributed by atoms with Crippen LogP contribution in [0.25, 0.3) is 0 Å². The van der Waals surface area contributed by atoms with Crippen LogP contribution in [-0.4, -0.2) is 61.8 Å². The van der Waals surface area contributed by atoms with Gasteiger partial charge in [0.15, 0.2) is 12.1 Å². The van der Waals surface area contributed by atoms with E-state index in [-0.39, 0.29) is 6.42 Å². The van der Waals surface area contributed by atoms with E-state index in [2.05, 4.69) is 5.32 Å². The maximum absolute atomic E-state index is 12.2. The summed E-state index contributed by atoms with van der Waals surface area (Å²) in [6.07, 6.45) is 0.396. The van der Waals surface area contributed by atoms with Gasteiger partial charge in [0.1, 0.15) is 0 Å². The van der Waals surface area contributed by atoms with E-state index in [1.54, 1.807) is 6.92 Å². The number of hydrogen-bond acceptors (Lipinski definition) is 5. The largest absolute Gasteiger partial charge is 0.355 e. The number of aldehydes is 1. The molecule has 17 heavy (non-hydrogen) atoms. The van der Waals surface area contributed by atoms with Crippen LogP contribution in [0.2, 0.25) is 0 Å². The molecule has 0 radical (unpaired) electrons. The summed E-state index contributed by atoms with van der Waals surface area (Å²) in [7, 11) is 1.21. The SMILES string of the molecule is CCC(=O)C(C=O)(OC)C(=O)N1CCNCC1. The van der Waals surface area contributed by atoms with Gasteiger partial charge >= 0.3 is 0 Å². The van der Waals surface area contributed by atoms with Crippen molar-refractivity contribution in [3.8, 4) is 0 Å². The summed E-state index contributed by atoms with van der Waals surface area (Å²) in [6, 6.07) is 0. The molecule has 0 saturated carbocycles. The van der Waals surface area contributed by atoms with E-state index in [1.807, 2.05) is 0 Å². The van der Waals surface area contributed by atoms with Crippen molar-refractivity contribution in [2.75, 3.05) is 33.3 Å². The second-order valence-corrected chi connectivity index (χ2v) is 3.88. The first kappa shape index (κ1) is 13.8. The lowest BCUT2D eigenvalue weighted by molar-refractivity contribution is -0.165. The zero-order valence-corrected chi connectivity index (χ0v) is 10.2.